The van der Waals surface area contributed by atoms with Gasteiger partial charge in [-0.25, -0.2) is 18.7 Å². The van der Waals surface area contributed by atoms with Crippen LogP contribution in [0.1, 0.15) is 34.1 Å². The first kappa shape index (κ1) is 31.8. The fourth-order valence-electron chi connectivity index (χ4n) is 2.45. The molecule has 206 valence electrons. The van der Waals surface area contributed by atoms with Crippen LogP contribution in [0.3, 0.4) is 0 Å². The topological polar surface area (TPSA) is 182 Å². The number of phosphoric ester groups is 1. The van der Waals surface area contributed by atoms with Crippen LogP contribution in [0.4, 0.5) is 4.79 Å². The molecule has 1 heterocycles. The van der Waals surface area contributed by atoms with Crippen LogP contribution >= 0.6 is 19.6 Å². The molecule has 1 saturated heterocycles. The summed E-state index contributed by atoms with van der Waals surface area (Å²) in [4.78, 5) is 59.6. The first-order chi connectivity index (χ1) is 16.7. The molecule has 2 amide bonds. The predicted octanol–water partition coefficient (Wildman–Crippen LogP) is 1.37. The van der Waals surface area contributed by atoms with Gasteiger partial charge in [-0.15, -0.1) is 0 Å². The number of methoxy groups -OCH3 is 2. The smallest absolute Gasteiger partial charge is 0.469 e. The number of amides is 2. The van der Waals surface area contributed by atoms with E-state index in [0.29, 0.717) is 0 Å². The lowest BCUT2D eigenvalue weighted by Gasteiger charge is -2.32. The highest BCUT2D eigenvalue weighted by molar-refractivity contribution is 8.13. The number of thioether (sulfide) groups is 1. The number of carbonyl (C=O) groups excluding carboxylic acids is 5. The highest BCUT2D eigenvalue weighted by atomic mass is 32.2. The third kappa shape index (κ3) is 10.8. The van der Waals surface area contributed by atoms with Gasteiger partial charge in [-0.1, -0.05) is 39.5 Å². The van der Waals surface area contributed by atoms with Crippen molar-refractivity contribution in [3.63, 3.8) is 0 Å². The van der Waals surface area contributed by atoms with Gasteiger partial charge in [0, 0.05) is 23.6 Å². The quantitative estimate of drug-likeness (QED) is 0.161. The average molecular weight is 557 g/mol. The van der Waals surface area contributed by atoms with Gasteiger partial charge in [0.2, 0.25) is 12.7 Å². The van der Waals surface area contributed by atoms with E-state index in [1.807, 2.05) is 0 Å². The van der Waals surface area contributed by atoms with E-state index in [0.717, 1.165) is 18.9 Å². The van der Waals surface area contributed by atoms with Crippen molar-refractivity contribution in [2.75, 3.05) is 39.9 Å². The molecular formula is C20H33N2O12PS. The molecular weight excluding hydrogens is 523 g/mol. The summed E-state index contributed by atoms with van der Waals surface area (Å²) >= 11 is 0.845. The number of hydrogen-bond donors (Lipinski definition) is 2. The lowest BCUT2D eigenvalue weighted by atomic mass is 10.00. The van der Waals surface area contributed by atoms with Crippen molar-refractivity contribution in [2.24, 2.45) is 11.3 Å². The fourth-order valence-corrected chi connectivity index (χ4v) is 4.80. The normalized spacial score (nSPS) is 22.6. The summed E-state index contributed by atoms with van der Waals surface area (Å²) in [6, 6.07) is -1.20. The molecule has 1 fully saturated rings. The Morgan fingerprint density at radius 3 is 2.39 bits per heavy atom. The second-order valence-electron chi connectivity index (χ2n) is 8.61. The van der Waals surface area contributed by atoms with Crippen LogP contribution in [-0.4, -0.2) is 81.1 Å². The monoisotopic (exact) mass is 556 g/mol. The molecule has 0 aromatic heterocycles. The minimum Gasteiger partial charge on any atom is -0.469 e. The number of hydrogen-bond acceptors (Lipinski definition) is 13. The van der Waals surface area contributed by atoms with E-state index in [2.05, 4.69) is 20.1 Å². The largest absolute Gasteiger partial charge is 0.478 e. The zero-order valence-electron chi connectivity index (χ0n) is 21.0. The third-order valence-corrected chi connectivity index (χ3v) is 7.29. The van der Waals surface area contributed by atoms with Crippen LogP contribution in [0.25, 0.3) is 0 Å². The first-order valence-corrected chi connectivity index (χ1v) is 13.3. The molecule has 0 radical (unpaired) electrons. The van der Waals surface area contributed by atoms with Crippen molar-refractivity contribution in [3.05, 3.63) is 0 Å². The SMILES string of the molecule is COC(=O)CCNC(=O)[C@@H]1OP(=O)(OCOC(=O)N[C@@H](CSC(=O)C(C)(C)C)C(=O)OC)OCC1C. The molecule has 16 heteroatoms. The predicted molar refractivity (Wildman–Crippen MR) is 126 cm³/mol. The molecule has 1 rings (SSSR count). The van der Waals surface area contributed by atoms with Crippen LogP contribution in [0.15, 0.2) is 0 Å². The van der Waals surface area contributed by atoms with E-state index >= 15 is 0 Å². The standard InChI is InChI=1S/C20H33N2O12PS/c1-12-9-32-35(28,34-15(12)16(24)21-8-7-14(23)29-5)33-11-31-19(27)22-13(17(25)30-6)10-36-18(26)20(2,3)4/h12-13,15H,7-11H2,1-6H3,(H,21,24)(H,22,27)/t12?,13-,15+,35?/m0/s1. The Hall–Kier alpha value is -2.19. The van der Waals surface area contributed by atoms with E-state index < -0.39 is 62.0 Å². The summed E-state index contributed by atoms with van der Waals surface area (Å²) in [5.74, 6) is -2.56. The van der Waals surface area contributed by atoms with Gasteiger partial charge in [0.05, 0.1) is 27.2 Å². The number of nitrogens with one attached hydrogen (secondary N) is 2. The van der Waals surface area contributed by atoms with Crippen LogP contribution in [0, 0.1) is 11.3 Å². The summed E-state index contributed by atoms with van der Waals surface area (Å²) in [6.07, 6.45) is -2.40. The molecule has 0 aromatic rings. The second-order valence-corrected chi connectivity index (χ2v) is 11.2. The van der Waals surface area contributed by atoms with E-state index in [9.17, 15) is 28.5 Å². The molecule has 1 aliphatic heterocycles. The van der Waals surface area contributed by atoms with Crippen molar-refractivity contribution >= 4 is 48.6 Å². The summed E-state index contributed by atoms with van der Waals surface area (Å²) in [5.41, 5.74) is -0.653. The van der Waals surface area contributed by atoms with E-state index in [1.54, 1.807) is 27.7 Å². The lowest BCUT2D eigenvalue weighted by Crippen LogP contribution is -2.45. The van der Waals surface area contributed by atoms with Gasteiger partial charge in [0.25, 0.3) is 0 Å². The summed E-state index contributed by atoms with van der Waals surface area (Å²) in [6.45, 7) is 5.69. The average Bonchev–Trinajstić information content (AvgIpc) is 2.81. The Morgan fingerprint density at radius 1 is 1.14 bits per heavy atom. The zero-order chi connectivity index (χ0) is 27.5. The molecule has 14 nitrogen and oxygen atoms in total. The fraction of sp³-hybridized carbons (Fsp3) is 0.750. The maximum absolute atomic E-state index is 12.7. The van der Waals surface area contributed by atoms with Gasteiger partial charge < -0.3 is 24.8 Å². The molecule has 0 saturated carbocycles. The zero-order valence-corrected chi connectivity index (χ0v) is 22.7. The molecule has 0 bridgehead atoms. The van der Waals surface area contributed by atoms with Gasteiger partial charge >= 0.3 is 25.9 Å². The van der Waals surface area contributed by atoms with Gasteiger partial charge in [0.15, 0.2) is 11.2 Å². The van der Waals surface area contributed by atoms with Crippen molar-refractivity contribution in [3.8, 4) is 0 Å². The number of carbonyl (C=O) groups is 5. The summed E-state index contributed by atoms with van der Waals surface area (Å²) in [5, 5.41) is 4.50. The van der Waals surface area contributed by atoms with E-state index in [1.165, 1.54) is 7.11 Å². The third-order valence-electron chi connectivity index (χ3n) is 4.54. The Morgan fingerprint density at radius 2 is 1.81 bits per heavy atom. The molecule has 0 spiro atoms. The highest BCUT2D eigenvalue weighted by Crippen LogP contribution is 2.54. The Balaban J connectivity index is 2.58. The minimum absolute atomic E-state index is 0.0195. The number of phosphoric acid groups is 1. The molecule has 2 unspecified atom stereocenters. The van der Waals surface area contributed by atoms with Crippen LogP contribution in [0.2, 0.25) is 0 Å². The highest BCUT2D eigenvalue weighted by Gasteiger charge is 2.43. The number of alkyl carbamates (subject to hydrolysis) is 1. The summed E-state index contributed by atoms with van der Waals surface area (Å²) in [7, 11) is -1.94. The minimum atomic E-state index is -4.28. The maximum Gasteiger partial charge on any atom is 0.478 e. The van der Waals surface area contributed by atoms with Gasteiger partial charge in [-0.3, -0.25) is 23.4 Å². The molecule has 2 N–H and O–H groups in total. The van der Waals surface area contributed by atoms with Gasteiger partial charge in [0.1, 0.15) is 6.04 Å². The van der Waals surface area contributed by atoms with Gasteiger partial charge in [-0.2, -0.15) is 0 Å². The van der Waals surface area contributed by atoms with Crippen molar-refractivity contribution in [2.45, 2.75) is 46.3 Å². The molecule has 4 atom stereocenters. The lowest BCUT2D eigenvalue weighted by molar-refractivity contribution is -0.142. The molecule has 0 aliphatic carbocycles. The summed E-state index contributed by atoms with van der Waals surface area (Å²) < 4.78 is 41.8. The van der Waals surface area contributed by atoms with Crippen LogP contribution in [-0.2, 0) is 51.5 Å². The second kappa shape index (κ2) is 14.5. The Labute approximate surface area is 213 Å². The van der Waals surface area contributed by atoms with Crippen molar-refractivity contribution in [1.82, 2.24) is 10.6 Å². The van der Waals surface area contributed by atoms with Crippen LogP contribution in [0.5, 0.6) is 0 Å². The molecule has 0 aromatic carbocycles. The molecule has 36 heavy (non-hydrogen) atoms. The van der Waals surface area contributed by atoms with Crippen molar-refractivity contribution in [1.29, 1.82) is 0 Å². The van der Waals surface area contributed by atoms with Crippen molar-refractivity contribution < 1.29 is 56.3 Å². The number of ether oxygens (including phenoxy) is 3. The van der Waals surface area contributed by atoms with Crippen LogP contribution < -0.4 is 10.6 Å². The maximum atomic E-state index is 12.7. The first-order valence-electron chi connectivity index (χ1n) is 10.8. The number of rotatable bonds is 11. The Bertz CT molecular complexity index is 862. The van der Waals surface area contributed by atoms with E-state index in [-0.39, 0.29) is 30.4 Å². The Kier molecular flexibility index (Phi) is 12.8. The molecule has 1 aliphatic rings. The number of esters is 2. The van der Waals surface area contributed by atoms with Gasteiger partial charge in [-0.05, 0) is 0 Å². The van der Waals surface area contributed by atoms with E-state index in [4.69, 9.17) is 18.3 Å².